The van der Waals surface area contributed by atoms with Crippen LogP contribution < -0.4 is 10.6 Å². The maximum absolute atomic E-state index is 14.2. The molecule has 0 aliphatic carbocycles. The van der Waals surface area contributed by atoms with Crippen molar-refractivity contribution in [2.45, 2.75) is 76.3 Å². The molecule has 3 aromatic rings. The molecule has 0 spiro atoms. The predicted octanol–water partition coefficient (Wildman–Crippen LogP) is 4.81. The summed E-state index contributed by atoms with van der Waals surface area (Å²) in [5, 5.41) is 18.0. The zero-order valence-corrected chi connectivity index (χ0v) is 26.4. The Balaban J connectivity index is 1.32. The van der Waals surface area contributed by atoms with Gasteiger partial charge in [-0.3, -0.25) is 9.59 Å². The highest BCUT2D eigenvalue weighted by atomic mass is 19.1. The lowest BCUT2D eigenvalue weighted by molar-refractivity contribution is -0.133. The van der Waals surface area contributed by atoms with E-state index in [0.717, 1.165) is 36.5 Å². The van der Waals surface area contributed by atoms with Crippen LogP contribution in [0.2, 0.25) is 0 Å². The van der Waals surface area contributed by atoms with Gasteiger partial charge in [0.1, 0.15) is 11.6 Å². The highest BCUT2D eigenvalue weighted by Crippen LogP contribution is 2.30. The molecule has 2 aliphatic heterocycles. The quantitative estimate of drug-likeness (QED) is 0.209. The fraction of sp³-hybridized carbons (Fsp3) is 0.459. The van der Waals surface area contributed by atoms with Gasteiger partial charge in [0.2, 0.25) is 11.8 Å². The molecule has 3 aromatic carbocycles. The molecule has 46 heavy (non-hydrogen) atoms. The molecule has 0 radical (unpaired) electrons. The van der Waals surface area contributed by atoms with Crippen molar-refractivity contribution in [1.29, 1.82) is 0 Å². The van der Waals surface area contributed by atoms with Crippen LogP contribution in [0, 0.1) is 23.5 Å². The summed E-state index contributed by atoms with van der Waals surface area (Å²) in [6, 6.07) is 21.4. The Labute approximate surface area is 270 Å². The zero-order chi connectivity index (χ0) is 32.5. The summed E-state index contributed by atoms with van der Waals surface area (Å²) < 4.78 is 34.4. The van der Waals surface area contributed by atoms with Gasteiger partial charge in [-0.25, -0.2) is 8.78 Å². The van der Waals surface area contributed by atoms with Crippen molar-refractivity contribution in [1.82, 2.24) is 15.5 Å². The molecule has 7 nitrogen and oxygen atoms in total. The second kappa shape index (κ2) is 16.3. The van der Waals surface area contributed by atoms with Crippen LogP contribution in [0.25, 0.3) is 0 Å². The van der Waals surface area contributed by atoms with Crippen molar-refractivity contribution in [2.75, 3.05) is 19.6 Å². The van der Waals surface area contributed by atoms with E-state index in [1.165, 1.54) is 12.1 Å². The van der Waals surface area contributed by atoms with Crippen molar-refractivity contribution in [2.24, 2.45) is 11.8 Å². The topological polar surface area (TPSA) is 90.9 Å². The third-order valence-corrected chi connectivity index (χ3v) is 9.18. The number of aliphatic hydroxyl groups excluding tert-OH is 1. The Bertz CT molecular complexity index is 1410. The molecule has 2 amide bonds. The number of hydrogen-bond acceptors (Lipinski definition) is 5. The van der Waals surface area contributed by atoms with Crippen LogP contribution in [0.15, 0.2) is 78.9 Å². The first-order chi connectivity index (χ1) is 22.3. The summed E-state index contributed by atoms with van der Waals surface area (Å²) in [6.07, 6.45) is 2.59. The van der Waals surface area contributed by atoms with Gasteiger partial charge in [0.25, 0.3) is 0 Å². The molecule has 2 saturated heterocycles. The minimum Gasteiger partial charge on any atom is -0.389 e. The fourth-order valence-electron chi connectivity index (χ4n) is 6.70. The van der Waals surface area contributed by atoms with E-state index in [1.54, 1.807) is 4.90 Å². The SMILES string of the molecule is CCCCCN1CC(C(=O)N[C@@H](Cc2cc(F)cc(F)c2)[C@H](O)[C@H]2C[C@@H](OCc3ccccc3)CN2)C(Cc2ccccc2)C1=O. The molecule has 246 valence electrons. The monoisotopic (exact) mass is 633 g/mol. The van der Waals surface area contributed by atoms with Crippen molar-refractivity contribution in [3.8, 4) is 0 Å². The van der Waals surface area contributed by atoms with E-state index in [4.69, 9.17) is 4.74 Å². The van der Waals surface area contributed by atoms with Gasteiger partial charge < -0.3 is 25.4 Å². The molecule has 3 N–H and O–H groups in total. The average Bonchev–Trinajstić information content (AvgIpc) is 3.65. The van der Waals surface area contributed by atoms with Crippen LogP contribution in [0.3, 0.4) is 0 Å². The van der Waals surface area contributed by atoms with Gasteiger partial charge in [-0.15, -0.1) is 0 Å². The van der Waals surface area contributed by atoms with Gasteiger partial charge in [-0.2, -0.15) is 0 Å². The number of carbonyl (C=O) groups is 2. The van der Waals surface area contributed by atoms with Crippen molar-refractivity contribution < 1.29 is 28.2 Å². The van der Waals surface area contributed by atoms with Crippen LogP contribution in [-0.2, 0) is 33.8 Å². The van der Waals surface area contributed by atoms with Gasteiger partial charge in [0, 0.05) is 31.7 Å². The summed E-state index contributed by atoms with van der Waals surface area (Å²) in [6.45, 7) is 3.94. The summed E-state index contributed by atoms with van der Waals surface area (Å²) in [4.78, 5) is 29.4. The van der Waals surface area contributed by atoms with Crippen molar-refractivity contribution in [3.63, 3.8) is 0 Å². The maximum Gasteiger partial charge on any atom is 0.226 e. The van der Waals surface area contributed by atoms with E-state index in [9.17, 15) is 23.5 Å². The summed E-state index contributed by atoms with van der Waals surface area (Å²) in [5.74, 6) is -3.02. The second-order valence-corrected chi connectivity index (χ2v) is 12.7. The van der Waals surface area contributed by atoms with Gasteiger partial charge in [0.15, 0.2) is 0 Å². The molecular weight excluding hydrogens is 588 g/mol. The molecule has 0 bridgehead atoms. The first kappa shape index (κ1) is 33.7. The lowest BCUT2D eigenvalue weighted by atomic mass is 9.87. The number of carbonyl (C=O) groups excluding carboxylic acids is 2. The van der Waals surface area contributed by atoms with Gasteiger partial charge in [-0.05, 0) is 54.5 Å². The lowest BCUT2D eigenvalue weighted by Crippen LogP contribution is -2.54. The molecule has 0 saturated carbocycles. The largest absolute Gasteiger partial charge is 0.389 e. The molecule has 6 atom stereocenters. The number of likely N-dealkylation sites (tertiary alicyclic amines) is 1. The number of nitrogens with zero attached hydrogens (tertiary/aromatic N) is 1. The molecule has 0 aromatic heterocycles. The molecule has 2 unspecified atom stereocenters. The Morgan fingerprint density at radius 1 is 1.00 bits per heavy atom. The second-order valence-electron chi connectivity index (χ2n) is 12.7. The molecule has 2 heterocycles. The number of hydrogen-bond donors (Lipinski definition) is 3. The number of aliphatic hydroxyl groups is 1. The number of benzene rings is 3. The summed E-state index contributed by atoms with van der Waals surface area (Å²) in [7, 11) is 0. The highest BCUT2D eigenvalue weighted by Gasteiger charge is 2.45. The normalized spacial score (nSPS) is 22.6. The first-order valence-corrected chi connectivity index (χ1v) is 16.5. The molecule has 2 aliphatic rings. The fourth-order valence-corrected chi connectivity index (χ4v) is 6.70. The first-order valence-electron chi connectivity index (χ1n) is 16.5. The van der Waals surface area contributed by atoms with E-state index in [-0.39, 0.29) is 24.3 Å². The van der Waals surface area contributed by atoms with E-state index < -0.39 is 41.7 Å². The van der Waals surface area contributed by atoms with E-state index >= 15 is 0 Å². The molecule has 9 heteroatoms. The molecule has 5 rings (SSSR count). The van der Waals surface area contributed by atoms with Crippen LogP contribution in [0.1, 0.15) is 49.3 Å². The number of ether oxygens (including phenoxy) is 1. The van der Waals surface area contributed by atoms with E-state index in [2.05, 4.69) is 17.6 Å². The minimum absolute atomic E-state index is 0.0134. The average molecular weight is 634 g/mol. The number of amides is 2. The Kier molecular flexibility index (Phi) is 11.9. The summed E-state index contributed by atoms with van der Waals surface area (Å²) >= 11 is 0. The number of unbranched alkanes of at least 4 members (excludes halogenated alkanes) is 2. The Morgan fingerprint density at radius 2 is 1.67 bits per heavy atom. The highest BCUT2D eigenvalue weighted by molar-refractivity contribution is 5.91. The third-order valence-electron chi connectivity index (χ3n) is 9.18. The number of rotatable bonds is 15. The van der Waals surface area contributed by atoms with Crippen molar-refractivity contribution in [3.05, 3.63) is 107 Å². The summed E-state index contributed by atoms with van der Waals surface area (Å²) in [5.41, 5.74) is 2.34. The number of nitrogens with one attached hydrogen (secondary N) is 2. The third kappa shape index (κ3) is 8.99. The van der Waals surface area contributed by atoms with E-state index in [1.807, 2.05) is 60.7 Å². The van der Waals surface area contributed by atoms with Crippen LogP contribution >= 0.6 is 0 Å². The smallest absolute Gasteiger partial charge is 0.226 e. The Morgan fingerprint density at radius 3 is 2.35 bits per heavy atom. The Hall–Kier alpha value is -3.66. The van der Waals surface area contributed by atoms with Crippen LogP contribution in [0.4, 0.5) is 8.78 Å². The van der Waals surface area contributed by atoms with Crippen LogP contribution in [-0.4, -0.2) is 65.7 Å². The van der Waals surface area contributed by atoms with Gasteiger partial charge >= 0.3 is 0 Å². The predicted molar refractivity (Wildman–Crippen MR) is 173 cm³/mol. The van der Waals surface area contributed by atoms with E-state index in [0.29, 0.717) is 44.6 Å². The zero-order valence-electron chi connectivity index (χ0n) is 26.4. The standard InChI is InChI=1S/C37H45F2N3O4/c1-2-3-10-15-42-23-32(31(37(42)45)18-25-11-6-4-7-12-25)36(44)41-34(19-27-16-28(38)20-29(39)17-27)35(43)33-21-30(22-40-33)46-24-26-13-8-5-9-14-26/h4-9,11-14,16-17,20,30-35,40,43H,2-3,10,15,18-19,21-24H2,1H3,(H,41,44)/t30-,31?,32?,33-,34+,35-/m1/s1. The maximum atomic E-state index is 14.2. The van der Waals surface area contributed by atoms with Gasteiger partial charge in [-0.1, -0.05) is 80.4 Å². The minimum atomic E-state index is -1.08. The number of halogens is 2. The van der Waals surface area contributed by atoms with Gasteiger partial charge in [0.05, 0.1) is 36.7 Å². The van der Waals surface area contributed by atoms with Crippen molar-refractivity contribution >= 4 is 11.8 Å². The molecule has 2 fully saturated rings. The van der Waals surface area contributed by atoms with Crippen LogP contribution in [0.5, 0.6) is 0 Å². The molecular formula is C37H45F2N3O4. The lowest BCUT2D eigenvalue weighted by Gasteiger charge is -2.30.